The Hall–Kier alpha value is 0.150. The fraction of sp³-hybridized carbons (Fsp3) is 1.00. The van der Waals surface area contributed by atoms with E-state index in [1.807, 2.05) is 13.8 Å². The van der Waals surface area contributed by atoms with Gasteiger partial charge in [0.1, 0.15) is 0 Å². The summed E-state index contributed by atoms with van der Waals surface area (Å²) in [6.07, 6.45) is 4.63. The molecule has 0 radical (unpaired) electrons. The van der Waals surface area contributed by atoms with Gasteiger partial charge in [0.2, 0.25) is 0 Å². The molecule has 0 amide bonds. The van der Waals surface area contributed by atoms with Crippen LogP contribution in [0.4, 0.5) is 0 Å². The van der Waals surface area contributed by atoms with Gasteiger partial charge in [-0.15, -0.1) is 0 Å². The third-order valence-corrected chi connectivity index (χ3v) is 3.48. The lowest BCUT2D eigenvalue weighted by atomic mass is 9.88. The maximum absolute atomic E-state index is 10.6. The lowest BCUT2D eigenvalue weighted by molar-refractivity contribution is 0.0436. The molecule has 0 aromatic heterocycles. The molecule has 0 saturated carbocycles. The Morgan fingerprint density at radius 1 is 1.43 bits per heavy atom. The van der Waals surface area contributed by atoms with Crippen LogP contribution in [0.2, 0.25) is 0 Å². The van der Waals surface area contributed by atoms with E-state index in [0.717, 1.165) is 12.8 Å². The lowest BCUT2D eigenvalue weighted by Crippen LogP contribution is -2.30. The van der Waals surface area contributed by atoms with E-state index < -0.39 is 13.9 Å². The molecule has 0 heterocycles. The monoisotopic (exact) mass is 222 g/mol. The molecule has 2 atom stereocenters. The molecule has 0 aromatic carbocycles. The van der Waals surface area contributed by atoms with Crippen LogP contribution >= 0.6 is 8.25 Å². The van der Waals surface area contributed by atoms with Crippen molar-refractivity contribution >= 4 is 8.25 Å². The first-order valence-corrected chi connectivity index (χ1v) is 6.58. The molecule has 0 aromatic rings. The second-order valence-electron chi connectivity index (χ2n) is 4.37. The fourth-order valence-electron chi connectivity index (χ4n) is 1.37. The van der Waals surface area contributed by atoms with E-state index in [9.17, 15) is 4.57 Å². The SMILES string of the molecule is CCCCCC(C)C(C)(C)O[PH](=O)O. The Labute approximate surface area is 87.8 Å². The molecule has 0 spiro atoms. The molecule has 0 aliphatic carbocycles. The summed E-state index contributed by atoms with van der Waals surface area (Å²) in [5.41, 5.74) is -0.488. The molecule has 0 rings (SSSR count). The average Bonchev–Trinajstić information content (AvgIpc) is 2.02. The predicted molar refractivity (Wildman–Crippen MR) is 59.7 cm³/mol. The van der Waals surface area contributed by atoms with E-state index in [-0.39, 0.29) is 0 Å². The smallest absolute Gasteiger partial charge is 0.317 e. The summed E-state index contributed by atoms with van der Waals surface area (Å²) >= 11 is 0. The van der Waals surface area contributed by atoms with Gasteiger partial charge in [-0.2, -0.15) is 0 Å². The van der Waals surface area contributed by atoms with Crippen LogP contribution in [0, 0.1) is 5.92 Å². The van der Waals surface area contributed by atoms with Crippen molar-refractivity contribution in [2.45, 2.75) is 59.0 Å². The molecule has 1 N–H and O–H groups in total. The van der Waals surface area contributed by atoms with Gasteiger partial charge in [0.05, 0.1) is 5.60 Å². The van der Waals surface area contributed by atoms with Crippen molar-refractivity contribution in [3.8, 4) is 0 Å². The number of rotatable bonds is 7. The average molecular weight is 222 g/mol. The second-order valence-corrected chi connectivity index (χ2v) is 5.10. The van der Waals surface area contributed by atoms with Crippen molar-refractivity contribution in [2.75, 3.05) is 0 Å². The van der Waals surface area contributed by atoms with Crippen molar-refractivity contribution in [2.24, 2.45) is 5.92 Å². The van der Waals surface area contributed by atoms with Gasteiger partial charge >= 0.3 is 8.25 Å². The third kappa shape index (κ3) is 5.79. The minimum absolute atomic E-state index is 0.315. The zero-order valence-electron chi connectivity index (χ0n) is 9.67. The minimum Gasteiger partial charge on any atom is -0.326 e. The first kappa shape index (κ1) is 14.2. The summed E-state index contributed by atoms with van der Waals surface area (Å²) in [4.78, 5) is 8.73. The van der Waals surface area contributed by atoms with Gasteiger partial charge in [0.15, 0.2) is 0 Å². The van der Waals surface area contributed by atoms with Crippen LogP contribution in [0.25, 0.3) is 0 Å². The first-order valence-electron chi connectivity index (χ1n) is 5.32. The summed E-state index contributed by atoms with van der Waals surface area (Å²) < 4.78 is 15.6. The van der Waals surface area contributed by atoms with Gasteiger partial charge in [0, 0.05) is 0 Å². The standard InChI is InChI=1S/C10H23O3P/c1-5-6-7-8-9(2)10(3,4)13-14(11)12/h9,14H,5-8H2,1-4H3,(H,11,12). The molecule has 2 unspecified atom stereocenters. The number of unbranched alkanes of at least 4 members (excludes halogenated alkanes) is 2. The van der Waals surface area contributed by atoms with Gasteiger partial charge in [-0.05, 0) is 26.2 Å². The summed E-state index contributed by atoms with van der Waals surface area (Å²) in [6.45, 7) is 7.99. The topological polar surface area (TPSA) is 46.5 Å². The van der Waals surface area contributed by atoms with Gasteiger partial charge in [-0.1, -0.05) is 33.1 Å². The zero-order chi connectivity index (χ0) is 11.2. The van der Waals surface area contributed by atoms with Crippen molar-refractivity contribution in [3.63, 3.8) is 0 Å². The molecule has 0 aliphatic heterocycles. The lowest BCUT2D eigenvalue weighted by Gasteiger charge is -2.30. The van der Waals surface area contributed by atoms with Crippen LogP contribution in [0.3, 0.4) is 0 Å². The van der Waals surface area contributed by atoms with Crippen LogP contribution in [-0.4, -0.2) is 10.5 Å². The Balaban J connectivity index is 3.93. The van der Waals surface area contributed by atoms with Crippen LogP contribution in [0.1, 0.15) is 53.4 Å². The molecule has 14 heavy (non-hydrogen) atoms. The Morgan fingerprint density at radius 3 is 2.43 bits per heavy atom. The Kier molecular flexibility index (Phi) is 6.67. The largest absolute Gasteiger partial charge is 0.326 e. The highest BCUT2D eigenvalue weighted by atomic mass is 31.1. The van der Waals surface area contributed by atoms with E-state index in [0.29, 0.717) is 5.92 Å². The molecule has 3 nitrogen and oxygen atoms in total. The van der Waals surface area contributed by atoms with Crippen LogP contribution < -0.4 is 0 Å². The molecular weight excluding hydrogens is 199 g/mol. The maximum atomic E-state index is 10.6. The fourth-order valence-corrected chi connectivity index (χ4v) is 2.02. The van der Waals surface area contributed by atoms with Crippen LogP contribution in [0.5, 0.6) is 0 Å². The summed E-state index contributed by atoms with van der Waals surface area (Å²) in [5.74, 6) is 0.315. The van der Waals surface area contributed by atoms with Crippen LogP contribution in [0.15, 0.2) is 0 Å². The molecular formula is C10H23O3P. The number of hydrogen-bond donors (Lipinski definition) is 1. The Bertz CT molecular complexity index is 180. The Morgan fingerprint density at radius 2 is 2.00 bits per heavy atom. The van der Waals surface area contributed by atoms with Crippen molar-refractivity contribution < 1.29 is 14.0 Å². The van der Waals surface area contributed by atoms with E-state index in [4.69, 9.17) is 9.42 Å². The van der Waals surface area contributed by atoms with Crippen molar-refractivity contribution in [1.82, 2.24) is 0 Å². The molecule has 0 fully saturated rings. The highest BCUT2D eigenvalue weighted by Crippen LogP contribution is 2.33. The van der Waals surface area contributed by atoms with Crippen molar-refractivity contribution in [1.29, 1.82) is 0 Å². The van der Waals surface area contributed by atoms with E-state index >= 15 is 0 Å². The summed E-state index contributed by atoms with van der Waals surface area (Å²) in [7, 11) is -2.82. The van der Waals surface area contributed by atoms with E-state index in [1.54, 1.807) is 0 Å². The summed E-state index contributed by atoms with van der Waals surface area (Å²) in [5, 5.41) is 0. The minimum atomic E-state index is -2.82. The van der Waals surface area contributed by atoms with Gasteiger partial charge in [-0.3, -0.25) is 4.57 Å². The zero-order valence-corrected chi connectivity index (χ0v) is 10.7. The molecule has 0 bridgehead atoms. The van der Waals surface area contributed by atoms with E-state index in [2.05, 4.69) is 13.8 Å². The predicted octanol–water partition coefficient (Wildman–Crippen LogP) is 3.38. The highest BCUT2D eigenvalue weighted by Gasteiger charge is 2.27. The quantitative estimate of drug-likeness (QED) is 0.530. The molecule has 86 valence electrons. The third-order valence-electron chi connectivity index (χ3n) is 2.78. The molecule has 0 saturated heterocycles. The van der Waals surface area contributed by atoms with E-state index in [1.165, 1.54) is 12.8 Å². The highest BCUT2D eigenvalue weighted by molar-refractivity contribution is 7.32. The molecule has 0 aliphatic rings. The number of hydrogen-bond acceptors (Lipinski definition) is 2. The van der Waals surface area contributed by atoms with Crippen molar-refractivity contribution in [3.05, 3.63) is 0 Å². The molecule has 4 heteroatoms. The van der Waals surface area contributed by atoms with Crippen LogP contribution in [-0.2, 0) is 9.09 Å². The normalized spacial score (nSPS) is 16.6. The van der Waals surface area contributed by atoms with Gasteiger partial charge in [-0.25, -0.2) is 0 Å². The second kappa shape index (κ2) is 6.60. The van der Waals surface area contributed by atoms with Gasteiger partial charge < -0.3 is 9.42 Å². The first-order chi connectivity index (χ1) is 6.40. The maximum Gasteiger partial charge on any atom is 0.317 e. The van der Waals surface area contributed by atoms with Gasteiger partial charge in [0.25, 0.3) is 0 Å². The summed E-state index contributed by atoms with van der Waals surface area (Å²) in [6, 6.07) is 0.